The van der Waals surface area contributed by atoms with Crippen LogP contribution in [0, 0.1) is 6.92 Å². The zero-order chi connectivity index (χ0) is 34.1. The zero-order valence-corrected chi connectivity index (χ0v) is 28.2. The molecule has 1 aromatic heterocycles. The quantitative estimate of drug-likeness (QED) is 0.225. The van der Waals surface area contributed by atoms with E-state index in [1.54, 1.807) is 31.2 Å². The van der Waals surface area contributed by atoms with Gasteiger partial charge in [-0.1, -0.05) is 12.2 Å². The number of aromatic hydroxyl groups is 2. The van der Waals surface area contributed by atoms with Crippen LogP contribution in [-0.4, -0.2) is 60.3 Å². The summed E-state index contributed by atoms with van der Waals surface area (Å²) in [6.07, 6.45) is 5.76. The molecule has 0 spiro atoms. The van der Waals surface area contributed by atoms with Gasteiger partial charge in [-0.15, -0.1) is 11.3 Å². The minimum Gasteiger partial charge on any atom is -0.507 e. The summed E-state index contributed by atoms with van der Waals surface area (Å²) in [5.74, 6) is -1.89. The highest BCUT2D eigenvalue weighted by atomic mass is 32.1. The summed E-state index contributed by atoms with van der Waals surface area (Å²) in [5.41, 5.74) is 1.23. The van der Waals surface area contributed by atoms with Crippen molar-refractivity contribution in [1.82, 2.24) is 10.3 Å². The summed E-state index contributed by atoms with van der Waals surface area (Å²) in [4.78, 5) is 43.7. The number of cyclic esters (lactones) is 1. The first-order valence-electron chi connectivity index (χ1n) is 15.5. The fourth-order valence-corrected chi connectivity index (χ4v) is 6.26. The number of thiazole rings is 1. The van der Waals surface area contributed by atoms with Crippen LogP contribution in [0.5, 0.6) is 28.7 Å². The molecule has 4 rings (SSSR count). The van der Waals surface area contributed by atoms with Gasteiger partial charge in [-0.3, -0.25) is 9.59 Å². The summed E-state index contributed by atoms with van der Waals surface area (Å²) >= 11 is 1.47. The van der Waals surface area contributed by atoms with Crippen LogP contribution < -0.4 is 19.5 Å². The van der Waals surface area contributed by atoms with Crippen molar-refractivity contribution in [2.24, 2.45) is 0 Å². The Morgan fingerprint density at radius 3 is 2.43 bits per heavy atom. The number of nitrogens with zero attached hydrogens (tertiary/aromatic N) is 1. The van der Waals surface area contributed by atoms with Crippen molar-refractivity contribution < 1.29 is 43.5 Å². The molecule has 0 aliphatic carbocycles. The fraction of sp³-hybridized carbons (Fsp3) is 0.429. The van der Waals surface area contributed by atoms with E-state index in [4.69, 9.17) is 18.9 Å². The third-order valence-electron chi connectivity index (χ3n) is 8.01. The van der Waals surface area contributed by atoms with Crippen molar-refractivity contribution in [3.8, 4) is 28.7 Å². The molecule has 2 aromatic carbocycles. The lowest BCUT2D eigenvalue weighted by Crippen LogP contribution is -2.25. The van der Waals surface area contributed by atoms with Crippen LogP contribution in [0.15, 0.2) is 29.7 Å². The average Bonchev–Trinajstić information content (AvgIpc) is 3.46. The standard InChI is InChI=1S/C35H42N2O9S/c1-20-10-9-13-25(38)12-8-6-7-11-22-14-27(39)32(33(41)31(22)35(42)46-20)26(17-30(40)36-18-24-19-47-21(2)37-24)23-15-28(43-3)34(45-5)29(16-23)44-4/h7,11,14-16,19-20,26,39,41H,6,8-10,12-13,17-18H2,1-5H3,(H,36,40). The summed E-state index contributed by atoms with van der Waals surface area (Å²) in [6.45, 7) is 3.79. The predicted octanol–water partition coefficient (Wildman–Crippen LogP) is 6.21. The Labute approximate surface area is 278 Å². The highest BCUT2D eigenvalue weighted by molar-refractivity contribution is 7.09. The van der Waals surface area contributed by atoms with E-state index in [0.717, 1.165) is 5.01 Å². The second-order valence-electron chi connectivity index (χ2n) is 11.4. The number of rotatable bonds is 9. The van der Waals surface area contributed by atoms with E-state index in [1.807, 2.05) is 12.3 Å². The lowest BCUT2D eigenvalue weighted by Gasteiger charge is -2.24. The maximum atomic E-state index is 13.7. The number of phenols is 2. The van der Waals surface area contributed by atoms with Gasteiger partial charge in [-0.2, -0.15) is 0 Å². The van der Waals surface area contributed by atoms with Crippen molar-refractivity contribution >= 4 is 35.1 Å². The molecule has 2 atom stereocenters. The maximum absolute atomic E-state index is 13.7. The minimum atomic E-state index is -0.973. The third-order valence-corrected chi connectivity index (χ3v) is 8.83. The highest BCUT2D eigenvalue weighted by Gasteiger charge is 2.32. The second-order valence-corrected chi connectivity index (χ2v) is 12.5. The van der Waals surface area contributed by atoms with Gasteiger partial charge in [-0.05, 0) is 68.9 Å². The van der Waals surface area contributed by atoms with E-state index >= 15 is 0 Å². The Morgan fingerprint density at radius 2 is 1.79 bits per heavy atom. The van der Waals surface area contributed by atoms with Gasteiger partial charge in [-0.25, -0.2) is 9.78 Å². The molecule has 2 heterocycles. The van der Waals surface area contributed by atoms with Gasteiger partial charge in [0.25, 0.3) is 0 Å². The molecule has 0 radical (unpaired) electrons. The highest BCUT2D eigenvalue weighted by Crippen LogP contribution is 2.47. The number of hydrogen-bond donors (Lipinski definition) is 3. The Balaban J connectivity index is 1.84. The maximum Gasteiger partial charge on any atom is 0.342 e. The Hall–Kier alpha value is -4.58. The molecule has 47 heavy (non-hydrogen) atoms. The summed E-state index contributed by atoms with van der Waals surface area (Å²) in [7, 11) is 4.38. The lowest BCUT2D eigenvalue weighted by atomic mass is 9.84. The van der Waals surface area contributed by atoms with E-state index in [1.165, 1.54) is 38.7 Å². The first kappa shape index (κ1) is 35.3. The van der Waals surface area contributed by atoms with Gasteiger partial charge in [0, 0.05) is 36.1 Å². The number of aromatic nitrogens is 1. The number of aryl methyl sites for hydroxylation is 1. The van der Waals surface area contributed by atoms with Crippen LogP contribution in [0.3, 0.4) is 0 Å². The molecule has 0 fully saturated rings. The molecule has 0 bridgehead atoms. The van der Waals surface area contributed by atoms with E-state index in [0.29, 0.717) is 67.0 Å². The molecule has 1 aliphatic rings. The molecule has 3 N–H and O–H groups in total. The van der Waals surface area contributed by atoms with Crippen molar-refractivity contribution in [3.63, 3.8) is 0 Å². The van der Waals surface area contributed by atoms with Gasteiger partial charge in [0.1, 0.15) is 22.8 Å². The number of allylic oxidation sites excluding steroid dienone is 1. The van der Waals surface area contributed by atoms with E-state index < -0.39 is 23.7 Å². The molecule has 2 unspecified atom stereocenters. The number of fused-ring (bicyclic) bond motifs is 1. The number of Topliss-reactive ketones (excluding diaryl/α,β-unsaturated/α-hetero) is 1. The molecule has 1 amide bonds. The molecule has 252 valence electrons. The van der Waals surface area contributed by atoms with Crippen molar-refractivity contribution in [3.05, 3.63) is 62.6 Å². The number of methoxy groups -OCH3 is 3. The Kier molecular flexibility index (Phi) is 12.2. The van der Waals surface area contributed by atoms with E-state index in [9.17, 15) is 24.6 Å². The number of carbonyl (C=O) groups is 3. The number of ketones is 1. The number of phenolic OH excluding ortho intramolecular Hbond substituents is 2. The molecule has 0 saturated heterocycles. The van der Waals surface area contributed by atoms with Crippen LogP contribution in [0.25, 0.3) is 6.08 Å². The molecule has 0 saturated carbocycles. The number of nitrogens with one attached hydrogen (secondary N) is 1. The van der Waals surface area contributed by atoms with Crippen LogP contribution >= 0.6 is 11.3 Å². The zero-order valence-electron chi connectivity index (χ0n) is 27.4. The fourth-order valence-electron chi connectivity index (χ4n) is 5.64. The summed E-state index contributed by atoms with van der Waals surface area (Å²) in [5, 5.41) is 28.9. The first-order valence-corrected chi connectivity index (χ1v) is 16.4. The van der Waals surface area contributed by atoms with Crippen molar-refractivity contribution in [2.45, 2.75) is 77.4 Å². The number of carbonyl (C=O) groups excluding carboxylic acids is 3. The van der Waals surface area contributed by atoms with E-state index in [2.05, 4.69) is 10.3 Å². The average molecular weight is 667 g/mol. The summed E-state index contributed by atoms with van der Waals surface area (Å²) in [6, 6.07) is 4.65. The molecule has 11 nitrogen and oxygen atoms in total. The Bertz CT molecular complexity index is 1610. The number of ether oxygens (including phenoxy) is 4. The smallest absolute Gasteiger partial charge is 0.342 e. The Morgan fingerprint density at radius 1 is 1.09 bits per heavy atom. The van der Waals surface area contributed by atoms with Gasteiger partial charge in [0.05, 0.1) is 44.7 Å². The van der Waals surface area contributed by atoms with Crippen LogP contribution in [0.4, 0.5) is 0 Å². The van der Waals surface area contributed by atoms with Gasteiger partial charge in [0.15, 0.2) is 11.5 Å². The predicted molar refractivity (Wildman–Crippen MR) is 178 cm³/mol. The number of esters is 1. The topological polar surface area (TPSA) is 154 Å². The number of amides is 1. The third kappa shape index (κ3) is 8.82. The van der Waals surface area contributed by atoms with Crippen molar-refractivity contribution in [1.29, 1.82) is 0 Å². The molecule has 1 aliphatic heterocycles. The lowest BCUT2D eigenvalue weighted by molar-refractivity contribution is -0.121. The minimum absolute atomic E-state index is 0.0395. The number of hydrogen-bond acceptors (Lipinski definition) is 11. The van der Waals surface area contributed by atoms with Gasteiger partial charge in [0.2, 0.25) is 11.7 Å². The normalized spacial score (nSPS) is 16.4. The summed E-state index contributed by atoms with van der Waals surface area (Å²) < 4.78 is 22.3. The van der Waals surface area contributed by atoms with E-state index in [-0.39, 0.29) is 47.1 Å². The van der Waals surface area contributed by atoms with Crippen LogP contribution in [-0.2, 0) is 20.9 Å². The molecule has 12 heteroatoms. The largest absolute Gasteiger partial charge is 0.507 e. The van der Waals surface area contributed by atoms with Gasteiger partial charge < -0.3 is 34.5 Å². The van der Waals surface area contributed by atoms with Crippen LogP contribution in [0.1, 0.15) is 95.5 Å². The monoisotopic (exact) mass is 666 g/mol. The van der Waals surface area contributed by atoms with Crippen molar-refractivity contribution in [2.75, 3.05) is 21.3 Å². The SMILES string of the molecule is COc1cc(C(CC(=O)NCc2csc(C)n2)c2c(O)cc3c(c2O)C(=O)OC(C)CCCC(=O)CCCC=C3)cc(OC)c1OC. The second kappa shape index (κ2) is 16.3. The number of benzene rings is 2. The van der Waals surface area contributed by atoms with Crippen LogP contribution in [0.2, 0.25) is 0 Å². The molecule has 3 aromatic rings. The van der Waals surface area contributed by atoms with Gasteiger partial charge >= 0.3 is 5.97 Å². The molecular weight excluding hydrogens is 624 g/mol. The first-order chi connectivity index (χ1) is 22.6. The molecular formula is C35H42N2O9S.